The molecule has 0 aromatic carbocycles. The maximum absolute atomic E-state index is 12.2. The SMILES string of the molecule is NC1CCCN(C(=O)C2C3CCCC32)C1. The lowest BCUT2D eigenvalue weighted by molar-refractivity contribution is -0.134. The molecule has 3 aliphatic rings. The molecule has 1 heterocycles. The highest BCUT2D eigenvalue weighted by atomic mass is 16.2. The Morgan fingerprint density at radius 2 is 1.87 bits per heavy atom. The van der Waals surface area contributed by atoms with Gasteiger partial charge in [-0.1, -0.05) is 6.42 Å². The molecule has 0 aromatic heterocycles. The van der Waals surface area contributed by atoms with E-state index in [1.807, 2.05) is 4.90 Å². The average molecular weight is 208 g/mol. The molecule has 1 saturated heterocycles. The normalized spacial score (nSPS) is 43.9. The predicted molar refractivity (Wildman–Crippen MR) is 58.1 cm³/mol. The van der Waals surface area contributed by atoms with Crippen LogP contribution in [0.25, 0.3) is 0 Å². The lowest BCUT2D eigenvalue weighted by Crippen LogP contribution is -2.46. The number of fused-ring (bicyclic) bond motifs is 1. The lowest BCUT2D eigenvalue weighted by atomic mass is 10.0. The summed E-state index contributed by atoms with van der Waals surface area (Å²) in [6, 6.07) is 0.223. The van der Waals surface area contributed by atoms with E-state index in [2.05, 4.69) is 0 Å². The summed E-state index contributed by atoms with van der Waals surface area (Å²) in [5.41, 5.74) is 5.91. The van der Waals surface area contributed by atoms with Crippen molar-refractivity contribution in [3.05, 3.63) is 0 Å². The largest absolute Gasteiger partial charge is 0.341 e. The zero-order valence-corrected chi connectivity index (χ0v) is 9.19. The van der Waals surface area contributed by atoms with Crippen LogP contribution in [0.3, 0.4) is 0 Å². The third-order valence-electron chi connectivity index (χ3n) is 4.46. The third kappa shape index (κ3) is 1.57. The van der Waals surface area contributed by atoms with E-state index in [1.54, 1.807) is 0 Å². The number of nitrogens with zero attached hydrogens (tertiary/aromatic N) is 1. The second-order valence-electron chi connectivity index (χ2n) is 5.47. The number of likely N-dealkylation sites (tertiary alicyclic amines) is 1. The molecule has 0 bridgehead atoms. The first-order valence-electron chi connectivity index (χ1n) is 6.32. The number of hydrogen-bond donors (Lipinski definition) is 1. The van der Waals surface area contributed by atoms with Crippen molar-refractivity contribution in [2.45, 2.75) is 38.1 Å². The summed E-state index contributed by atoms with van der Waals surface area (Å²) in [6.45, 7) is 1.75. The molecular formula is C12H20N2O. The van der Waals surface area contributed by atoms with E-state index in [0.717, 1.165) is 37.8 Å². The second-order valence-corrected chi connectivity index (χ2v) is 5.47. The van der Waals surface area contributed by atoms with Gasteiger partial charge in [0, 0.05) is 25.0 Å². The first kappa shape index (κ1) is 9.64. The van der Waals surface area contributed by atoms with Crippen molar-refractivity contribution in [1.82, 2.24) is 4.90 Å². The summed E-state index contributed by atoms with van der Waals surface area (Å²) in [5, 5.41) is 0. The Hall–Kier alpha value is -0.570. The fraction of sp³-hybridized carbons (Fsp3) is 0.917. The highest BCUT2D eigenvalue weighted by Gasteiger charge is 2.57. The summed E-state index contributed by atoms with van der Waals surface area (Å²) in [7, 11) is 0. The van der Waals surface area contributed by atoms with Crippen molar-refractivity contribution in [3.8, 4) is 0 Å². The number of hydrogen-bond acceptors (Lipinski definition) is 2. The number of amides is 1. The van der Waals surface area contributed by atoms with E-state index in [1.165, 1.54) is 19.3 Å². The zero-order chi connectivity index (χ0) is 10.4. The van der Waals surface area contributed by atoms with Gasteiger partial charge in [-0.05, 0) is 37.5 Å². The Bertz CT molecular complexity index is 269. The molecule has 2 saturated carbocycles. The van der Waals surface area contributed by atoms with Crippen molar-refractivity contribution in [2.75, 3.05) is 13.1 Å². The van der Waals surface area contributed by atoms with Gasteiger partial charge >= 0.3 is 0 Å². The smallest absolute Gasteiger partial charge is 0.226 e. The van der Waals surface area contributed by atoms with Gasteiger partial charge in [0.1, 0.15) is 0 Å². The highest BCUT2D eigenvalue weighted by molar-refractivity contribution is 5.82. The Kier molecular flexibility index (Phi) is 2.23. The van der Waals surface area contributed by atoms with Crippen LogP contribution in [0, 0.1) is 17.8 Å². The Balaban J connectivity index is 1.60. The van der Waals surface area contributed by atoms with Crippen molar-refractivity contribution >= 4 is 5.91 Å². The van der Waals surface area contributed by atoms with Gasteiger partial charge in [0.25, 0.3) is 0 Å². The average Bonchev–Trinajstić information content (AvgIpc) is 2.70. The van der Waals surface area contributed by atoms with Gasteiger partial charge in [0.15, 0.2) is 0 Å². The predicted octanol–water partition coefficient (Wildman–Crippen LogP) is 0.982. The van der Waals surface area contributed by atoms with Crippen LogP contribution in [0.4, 0.5) is 0 Å². The molecule has 3 unspecified atom stereocenters. The summed E-state index contributed by atoms with van der Waals surface area (Å²) < 4.78 is 0. The highest BCUT2D eigenvalue weighted by Crippen LogP contribution is 2.58. The summed E-state index contributed by atoms with van der Waals surface area (Å²) >= 11 is 0. The van der Waals surface area contributed by atoms with Crippen molar-refractivity contribution in [1.29, 1.82) is 0 Å². The minimum atomic E-state index is 0.223. The van der Waals surface area contributed by atoms with Gasteiger partial charge in [-0.25, -0.2) is 0 Å². The van der Waals surface area contributed by atoms with Gasteiger partial charge in [0.05, 0.1) is 0 Å². The summed E-state index contributed by atoms with van der Waals surface area (Å²) in [4.78, 5) is 14.2. The van der Waals surface area contributed by atoms with E-state index in [9.17, 15) is 4.79 Å². The van der Waals surface area contributed by atoms with Gasteiger partial charge in [-0.2, -0.15) is 0 Å². The summed E-state index contributed by atoms with van der Waals surface area (Å²) in [5.74, 6) is 2.30. The minimum Gasteiger partial charge on any atom is -0.341 e. The molecule has 3 heteroatoms. The molecule has 3 atom stereocenters. The molecule has 1 amide bonds. The van der Waals surface area contributed by atoms with Gasteiger partial charge < -0.3 is 10.6 Å². The topological polar surface area (TPSA) is 46.3 Å². The molecule has 15 heavy (non-hydrogen) atoms. The molecule has 3 fully saturated rings. The van der Waals surface area contributed by atoms with E-state index >= 15 is 0 Å². The second kappa shape index (κ2) is 3.48. The van der Waals surface area contributed by atoms with Crippen LogP contribution >= 0.6 is 0 Å². The molecule has 84 valence electrons. The first-order chi connectivity index (χ1) is 7.27. The third-order valence-corrected chi connectivity index (χ3v) is 4.46. The molecule has 2 aliphatic carbocycles. The number of rotatable bonds is 1. The van der Waals surface area contributed by atoms with Crippen LogP contribution in [-0.2, 0) is 4.79 Å². The monoisotopic (exact) mass is 208 g/mol. The van der Waals surface area contributed by atoms with Crippen LogP contribution < -0.4 is 5.73 Å². The number of carbonyl (C=O) groups excluding carboxylic acids is 1. The number of carbonyl (C=O) groups is 1. The molecule has 3 nitrogen and oxygen atoms in total. The number of piperidine rings is 1. The Labute approximate surface area is 91.0 Å². The van der Waals surface area contributed by atoms with E-state index in [-0.39, 0.29) is 6.04 Å². The molecule has 0 spiro atoms. The lowest BCUT2D eigenvalue weighted by Gasteiger charge is -2.31. The van der Waals surface area contributed by atoms with Crippen LogP contribution in [0.1, 0.15) is 32.1 Å². The van der Waals surface area contributed by atoms with Crippen molar-refractivity contribution in [2.24, 2.45) is 23.5 Å². The fourth-order valence-corrected chi connectivity index (χ4v) is 3.61. The molecule has 0 aromatic rings. The summed E-state index contributed by atoms with van der Waals surface area (Å²) in [6.07, 6.45) is 6.11. The van der Waals surface area contributed by atoms with Crippen LogP contribution in [-0.4, -0.2) is 29.9 Å². The van der Waals surface area contributed by atoms with Gasteiger partial charge in [0.2, 0.25) is 5.91 Å². The molecule has 3 rings (SSSR count). The quantitative estimate of drug-likeness (QED) is 0.698. The first-order valence-corrected chi connectivity index (χ1v) is 6.32. The van der Waals surface area contributed by atoms with E-state index < -0.39 is 0 Å². The van der Waals surface area contributed by atoms with Gasteiger partial charge in [-0.15, -0.1) is 0 Å². The standard InChI is InChI=1S/C12H20N2O/c13-8-3-2-6-14(7-8)12(15)11-9-4-1-5-10(9)11/h8-11H,1-7,13H2. The number of nitrogens with two attached hydrogens (primary N) is 1. The van der Waals surface area contributed by atoms with Gasteiger partial charge in [-0.3, -0.25) is 4.79 Å². The molecular weight excluding hydrogens is 188 g/mol. The molecule has 2 N–H and O–H groups in total. The van der Waals surface area contributed by atoms with E-state index in [4.69, 9.17) is 5.73 Å². The van der Waals surface area contributed by atoms with Crippen LogP contribution in [0.2, 0.25) is 0 Å². The zero-order valence-electron chi connectivity index (χ0n) is 9.19. The van der Waals surface area contributed by atoms with Crippen molar-refractivity contribution < 1.29 is 4.79 Å². The van der Waals surface area contributed by atoms with E-state index in [0.29, 0.717) is 11.8 Å². The molecule has 1 aliphatic heterocycles. The minimum absolute atomic E-state index is 0.223. The maximum atomic E-state index is 12.2. The Morgan fingerprint density at radius 3 is 2.53 bits per heavy atom. The van der Waals surface area contributed by atoms with Crippen LogP contribution in [0.5, 0.6) is 0 Å². The van der Waals surface area contributed by atoms with Crippen LogP contribution in [0.15, 0.2) is 0 Å². The van der Waals surface area contributed by atoms with Crippen molar-refractivity contribution in [3.63, 3.8) is 0 Å². The molecule has 0 radical (unpaired) electrons. The maximum Gasteiger partial charge on any atom is 0.226 e. The Morgan fingerprint density at radius 1 is 1.13 bits per heavy atom. The fourth-order valence-electron chi connectivity index (χ4n) is 3.61.